The van der Waals surface area contributed by atoms with Gasteiger partial charge in [-0.2, -0.15) is 0 Å². The van der Waals surface area contributed by atoms with E-state index in [4.69, 9.17) is 0 Å². The van der Waals surface area contributed by atoms with E-state index in [0.29, 0.717) is 6.42 Å². The van der Waals surface area contributed by atoms with Crippen LogP contribution in [0.5, 0.6) is 0 Å². The summed E-state index contributed by atoms with van der Waals surface area (Å²) in [6.07, 6.45) is 16.9. The van der Waals surface area contributed by atoms with Crippen LogP contribution in [0.15, 0.2) is 0 Å². The summed E-state index contributed by atoms with van der Waals surface area (Å²) >= 11 is 0. The molecule has 0 radical (unpaired) electrons. The van der Waals surface area contributed by atoms with Crippen LogP contribution < -0.4 is 0 Å². The number of nitrogens with zero attached hydrogens (tertiary/aromatic N) is 1. The molecule has 0 aromatic rings. The monoisotopic (exact) mass is 341 g/mol. The van der Waals surface area contributed by atoms with Gasteiger partial charge >= 0.3 is 5.97 Å². The summed E-state index contributed by atoms with van der Waals surface area (Å²) < 4.78 is 0. The highest BCUT2D eigenvalue weighted by Crippen LogP contribution is 2.15. The smallest absolute Gasteiger partial charge is 0.304 e. The van der Waals surface area contributed by atoms with E-state index in [1.165, 1.54) is 77.0 Å². The molecule has 144 valence electrons. The van der Waals surface area contributed by atoms with Crippen LogP contribution in [-0.4, -0.2) is 35.1 Å². The van der Waals surface area contributed by atoms with E-state index in [1.807, 2.05) is 0 Å². The zero-order valence-electron chi connectivity index (χ0n) is 16.7. The number of hydrogen-bond donors (Lipinski definition) is 1. The molecule has 24 heavy (non-hydrogen) atoms. The zero-order valence-corrected chi connectivity index (χ0v) is 16.7. The Kier molecular flexibility index (Phi) is 16.8. The van der Waals surface area contributed by atoms with Crippen LogP contribution in [0.4, 0.5) is 0 Å². The molecule has 0 aliphatic heterocycles. The van der Waals surface area contributed by atoms with E-state index in [-0.39, 0.29) is 6.04 Å². The Balaban J connectivity index is 4.14. The normalized spacial score (nSPS) is 12.7. The first kappa shape index (κ1) is 23.4. The molecule has 0 aromatic carbocycles. The number of hydrogen-bond acceptors (Lipinski definition) is 2. The fourth-order valence-corrected chi connectivity index (χ4v) is 3.40. The molecule has 0 aromatic heterocycles. The number of carbonyl (C=O) groups is 1. The second-order valence-corrected chi connectivity index (χ2v) is 7.23. The van der Waals surface area contributed by atoms with Crippen molar-refractivity contribution in [1.82, 2.24) is 4.90 Å². The third kappa shape index (κ3) is 13.8. The minimum atomic E-state index is -0.655. The largest absolute Gasteiger partial charge is 0.481 e. The topological polar surface area (TPSA) is 40.5 Å². The third-order valence-electron chi connectivity index (χ3n) is 5.00. The van der Waals surface area contributed by atoms with Gasteiger partial charge in [0.25, 0.3) is 0 Å². The van der Waals surface area contributed by atoms with Gasteiger partial charge in [0.2, 0.25) is 0 Å². The highest BCUT2D eigenvalue weighted by atomic mass is 16.4. The number of carboxylic acids is 1. The van der Waals surface area contributed by atoms with Crippen LogP contribution in [-0.2, 0) is 4.79 Å². The lowest BCUT2D eigenvalue weighted by Gasteiger charge is -2.30. The average Bonchev–Trinajstić information content (AvgIpc) is 2.57. The molecule has 0 spiro atoms. The van der Waals surface area contributed by atoms with Crippen LogP contribution in [0.25, 0.3) is 0 Å². The SMILES string of the molecule is CCCCCCCCN(CCCCCCCC)C(CC)CC(=O)O. The second kappa shape index (κ2) is 17.3. The molecule has 0 saturated carbocycles. The van der Waals surface area contributed by atoms with Gasteiger partial charge in [0, 0.05) is 6.04 Å². The Hall–Kier alpha value is -0.570. The molecule has 0 saturated heterocycles. The first-order chi connectivity index (χ1) is 11.7. The lowest BCUT2D eigenvalue weighted by Crippen LogP contribution is -2.38. The molecular formula is C21H43NO2. The highest BCUT2D eigenvalue weighted by molar-refractivity contribution is 5.67. The summed E-state index contributed by atoms with van der Waals surface area (Å²) in [6, 6.07) is 0.216. The maximum Gasteiger partial charge on any atom is 0.304 e. The highest BCUT2D eigenvalue weighted by Gasteiger charge is 2.19. The molecule has 0 amide bonds. The molecule has 0 aliphatic carbocycles. The molecule has 0 heterocycles. The third-order valence-corrected chi connectivity index (χ3v) is 5.00. The molecule has 0 bridgehead atoms. The van der Waals surface area contributed by atoms with Crippen LogP contribution in [0.3, 0.4) is 0 Å². The lowest BCUT2D eigenvalue weighted by molar-refractivity contribution is -0.138. The van der Waals surface area contributed by atoms with Gasteiger partial charge in [0.15, 0.2) is 0 Å². The maximum atomic E-state index is 11.1. The van der Waals surface area contributed by atoms with Crippen LogP contribution >= 0.6 is 0 Å². The van der Waals surface area contributed by atoms with Gasteiger partial charge in [0.05, 0.1) is 6.42 Å². The van der Waals surface area contributed by atoms with Gasteiger partial charge in [-0.1, -0.05) is 85.0 Å². The number of unbranched alkanes of at least 4 members (excludes halogenated alkanes) is 10. The number of rotatable bonds is 18. The number of aliphatic carboxylic acids is 1. The molecule has 3 heteroatoms. The summed E-state index contributed by atoms with van der Waals surface area (Å²) in [5.74, 6) is -0.655. The summed E-state index contributed by atoms with van der Waals surface area (Å²) in [6.45, 7) is 8.78. The van der Waals surface area contributed by atoms with Crippen molar-refractivity contribution in [2.75, 3.05) is 13.1 Å². The van der Waals surface area contributed by atoms with E-state index >= 15 is 0 Å². The molecule has 0 fully saturated rings. The van der Waals surface area contributed by atoms with E-state index in [0.717, 1.165) is 19.5 Å². The van der Waals surface area contributed by atoms with Crippen LogP contribution in [0, 0.1) is 0 Å². The Bertz CT molecular complexity index is 265. The van der Waals surface area contributed by atoms with Gasteiger partial charge < -0.3 is 5.11 Å². The maximum absolute atomic E-state index is 11.1. The quantitative estimate of drug-likeness (QED) is 0.299. The van der Waals surface area contributed by atoms with Crippen LogP contribution in [0.1, 0.15) is 111 Å². The predicted molar refractivity (Wildman–Crippen MR) is 105 cm³/mol. The minimum Gasteiger partial charge on any atom is -0.481 e. The zero-order chi connectivity index (χ0) is 18.0. The molecule has 3 nitrogen and oxygen atoms in total. The Morgan fingerprint density at radius 2 is 1.17 bits per heavy atom. The molecular weight excluding hydrogens is 298 g/mol. The summed E-state index contributed by atoms with van der Waals surface area (Å²) in [4.78, 5) is 13.6. The summed E-state index contributed by atoms with van der Waals surface area (Å²) in [7, 11) is 0. The fourth-order valence-electron chi connectivity index (χ4n) is 3.40. The van der Waals surface area contributed by atoms with Crippen molar-refractivity contribution in [2.24, 2.45) is 0 Å². The molecule has 0 rings (SSSR count). The van der Waals surface area contributed by atoms with Gasteiger partial charge in [-0.15, -0.1) is 0 Å². The summed E-state index contributed by atoms with van der Waals surface area (Å²) in [5.41, 5.74) is 0. The van der Waals surface area contributed by atoms with Crippen molar-refractivity contribution in [3.05, 3.63) is 0 Å². The van der Waals surface area contributed by atoms with Crippen molar-refractivity contribution >= 4 is 5.97 Å². The van der Waals surface area contributed by atoms with Crippen LogP contribution in [0.2, 0.25) is 0 Å². The predicted octanol–water partition coefficient (Wildman–Crippen LogP) is 6.26. The van der Waals surface area contributed by atoms with E-state index < -0.39 is 5.97 Å². The van der Waals surface area contributed by atoms with Crippen molar-refractivity contribution in [3.8, 4) is 0 Å². The van der Waals surface area contributed by atoms with E-state index in [1.54, 1.807) is 0 Å². The van der Waals surface area contributed by atoms with E-state index in [2.05, 4.69) is 25.7 Å². The van der Waals surface area contributed by atoms with E-state index in [9.17, 15) is 9.90 Å². The Labute approximate surface area is 151 Å². The van der Waals surface area contributed by atoms with Crippen molar-refractivity contribution < 1.29 is 9.90 Å². The Morgan fingerprint density at radius 3 is 1.54 bits per heavy atom. The molecule has 1 N–H and O–H groups in total. The van der Waals surface area contributed by atoms with Gasteiger partial charge in [-0.25, -0.2) is 0 Å². The summed E-state index contributed by atoms with van der Waals surface area (Å²) in [5, 5.41) is 9.17. The second-order valence-electron chi connectivity index (χ2n) is 7.23. The molecule has 1 atom stereocenters. The lowest BCUT2D eigenvalue weighted by atomic mass is 10.1. The fraction of sp³-hybridized carbons (Fsp3) is 0.952. The van der Waals surface area contributed by atoms with Crippen molar-refractivity contribution in [3.63, 3.8) is 0 Å². The number of carboxylic acid groups (broad SMARTS) is 1. The molecule has 0 aliphatic rings. The minimum absolute atomic E-state index is 0.216. The standard InChI is InChI=1S/C21H43NO2/c1-4-7-9-11-13-15-17-22(20(6-3)19-21(23)24)18-16-14-12-10-8-5-2/h20H,4-19H2,1-3H3,(H,23,24). The molecule has 1 unspecified atom stereocenters. The van der Waals surface area contributed by atoms with Crippen molar-refractivity contribution in [2.45, 2.75) is 117 Å². The first-order valence-corrected chi connectivity index (χ1v) is 10.6. The van der Waals surface area contributed by atoms with Crippen molar-refractivity contribution in [1.29, 1.82) is 0 Å². The average molecular weight is 342 g/mol. The first-order valence-electron chi connectivity index (χ1n) is 10.6. The van der Waals surface area contributed by atoms with Gasteiger partial charge in [0.1, 0.15) is 0 Å². The van der Waals surface area contributed by atoms with Gasteiger partial charge in [-0.3, -0.25) is 9.69 Å². The Morgan fingerprint density at radius 1 is 0.750 bits per heavy atom. The van der Waals surface area contributed by atoms with Gasteiger partial charge in [-0.05, 0) is 32.4 Å².